The normalized spacial score (nSPS) is 11.2. The molecule has 0 saturated heterocycles. The number of fused-ring (bicyclic) bond motifs is 1. The van der Waals surface area contributed by atoms with Crippen molar-refractivity contribution in [3.63, 3.8) is 0 Å². The smallest absolute Gasteiger partial charge is 0.269 e. The van der Waals surface area contributed by atoms with Crippen LogP contribution >= 0.6 is 22.9 Å². The highest BCUT2D eigenvalue weighted by Crippen LogP contribution is 2.33. The van der Waals surface area contributed by atoms with E-state index in [1.54, 1.807) is 42.7 Å². The maximum atomic E-state index is 13.0. The number of hydrogen-bond donors (Lipinski definition) is 0. The van der Waals surface area contributed by atoms with Crippen molar-refractivity contribution in [1.29, 1.82) is 0 Å². The maximum absolute atomic E-state index is 13.0. The van der Waals surface area contributed by atoms with Crippen molar-refractivity contribution in [2.24, 2.45) is 0 Å². The van der Waals surface area contributed by atoms with Crippen molar-refractivity contribution in [2.75, 3.05) is 4.90 Å². The highest BCUT2D eigenvalue weighted by Gasteiger charge is 2.20. The Bertz CT molecular complexity index is 1230. The van der Waals surface area contributed by atoms with E-state index in [0.29, 0.717) is 27.0 Å². The Kier molecular flexibility index (Phi) is 5.60. The molecule has 2 aromatic heterocycles. The molecule has 30 heavy (non-hydrogen) atoms. The quantitative estimate of drug-likeness (QED) is 0.218. The maximum Gasteiger partial charge on any atom is 0.269 e. The van der Waals surface area contributed by atoms with Gasteiger partial charge in [0.25, 0.3) is 11.6 Å². The molecule has 0 radical (unpaired) electrons. The van der Waals surface area contributed by atoms with Crippen LogP contribution in [0.2, 0.25) is 5.02 Å². The van der Waals surface area contributed by atoms with Crippen molar-refractivity contribution in [1.82, 2.24) is 4.98 Å². The number of aromatic nitrogens is 1. The van der Waals surface area contributed by atoms with E-state index in [0.717, 1.165) is 4.70 Å². The second-order valence-corrected chi connectivity index (χ2v) is 7.69. The van der Waals surface area contributed by atoms with Gasteiger partial charge in [-0.2, -0.15) is 0 Å². The van der Waals surface area contributed by atoms with Crippen LogP contribution in [0.5, 0.6) is 0 Å². The summed E-state index contributed by atoms with van der Waals surface area (Å²) in [6.45, 7) is 0.202. The minimum absolute atomic E-state index is 0.00993. The molecule has 0 atom stereocenters. The number of carbonyl (C=O) groups excluding carboxylic acids is 1. The van der Waals surface area contributed by atoms with E-state index in [1.807, 2.05) is 12.1 Å². The van der Waals surface area contributed by atoms with E-state index in [2.05, 4.69) is 4.98 Å². The lowest BCUT2D eigenvalue weighted by molar-refractivity contribution is -0.384. The fraction of sp³-hybridized carbons (Fsp3) is 0.0476. The first-order valence-corrected chi connectivity index (χ1v) is 10.0. The number of non-ortho nitro benzene ring substituents is 1. The van der Waals surface area contributed by atoms with Gasteiger partial charge in [-0.1, -0.05) is 29.0 Å². The minimum atomic E-state index is -0.470. The molecule has 4 rings (SSSR count). The van der Waals surface area contributed by atoms with Gasteiger partial charge in [-0.15, -0.1) is 0 Å². The van der Waals surface area contributed by atoms with Crippen LogP contribution in [0, 0.1) is 10.1 Å². The third-order valence-electron chi connectivity index (χ3n) is 4.27. The summed E-state index contributed by atoms with van der Waals surface area (Å²) in [5.74, 6) is 0.303. The van der Waals surface area contributed by atoms with Crippen LogP contribution in [0.1, 0.15) is 11.3 Å². The van der Waals surface area contributed by atoms with E-state index in [-0.39, 0.29) is 18.1 Å². The number of nitro benzene ring substituents is 1. The number of nitrogens with zero attached hydrogens (tertiary/aromatic N) is 3. The zero-order valence-electron chi connectivity index (χ0n) is 15.4. The molecule has 2 aromatic carbocycles. The molecule has 0 aliphatic heterocycles. The number of furan rings is 1. The monoisotopic (exact) mass is 439 g/mol. The topological polar surface area (TPSA) is 89.5 Å². The van der Waals surface area contributed by atoms with Crippen LogP contribution in [-0.4, -0.2) is 15.8 Å². The number of amides is 1. The fourth-order valence-electron chi connectivity index (χ4n) is 2.78. The summed E-state index contributed by atoms with van der Waals surface area (Å²) >= 11 is 7.59. The molecule has 0 saturated carbocycles. The minimum Gasteiger partial charge on any atom is -0.467 e. The predicted molar refractivity (Wildman–Crippen MR) is 117 cm³/mol. The van der Waals surface area contributed by atoms with Crippen molar-refractivity contribution in [2.45, 2.75) is 6.54 Å². The number of anilines is 1. The summed E-state index contributed by atoms with van der Waals surface area (Å²) in [4.78, 5) is 29.4. The standard InChI is InChI=1S/C21H14ClN3O4S/c22-17-4-1-5-18-20(17)23-21(30-18)24(13-16-3-2-12-29-16)19(26)11-8-14-6-9-15(10-7-14)25(27)28/h1-12H,13H2/b11-8-. The zero-order valence-corrected chi connectivity index (χ0v) is 17.0. The van der Waals surface area contributed by atoms with Gasteiger partial charge in [0.05, 0.1) is 27.5 Å². The molecule has 150 valence electrons. The van der Waals surface area contributed by atoms with Crippen LogP contribution in [0.3, 0.4) is 0 Å². The first-order chi connectivity index (χ1) is 14.5. The molecule has 0 unspecified atom stereocenters. The van der Waals surface area contributed by atoms with Gasteiger partial charge >= 0.3 is 0 Å². The molecular formula is C21H14ClN3O4S. The van der Waals surface area contributed by atoms with Gasteiger partial charge in [-0.05, 0) is 48.0 Å². The molecule has 4 aromatic rings. The number of thiazole rings is 1. The Hall–Kier alpha value is -3.49. The number of hydrogen-bond acceptors (Lipinski definition) is 6. The molecule has 0 fully saturated rings. The average molecular weight is 440 g/mol. The highest BCUT2D eigenvalue weighted by molar-refractivity contribution is 7.22. The summed E-state index contributed by atoms with van der Waals surface area (Å²) < 4.78 is 6.27. The molecule has 0 aliphatic carbocycles. The molecule has 0 bridgehead atoms. The Morgan fingerprint density at radius 3 is 2.67 bits per heavy atom. The lowest BCUT2D eigenvalue weighted by atomic mass is 10.2. The SMILES string of the molecule is O=C(/C=C\c1ccc([N+](=O)[O-])cc1)N(Cc1ccco1)c1nc2c(Cl)cccc2s1. The Balaban J connectivity index is 1.63. The van der Waals surface area contributed by atoms with Crippen molar-refractivity contribution in [3.8, 4) is 0 Å². The molecular weight excluding hydrogens is 426 g/mol. The van der Waals surface area contributed by atoms with Crippen molar-refractivity contribution >= 4 is 56.0 Å². The zero-order chi connectivity index (χ0) is 21.1. The third kappa shape index (κ3) is 4.24. The van der Waals surface area contributed by atoms with Gasteiger partial charge < -0.3 is 4.42 Å². The van der Waals surface area contributed by atoms with Crippen LogP contribution in [0.4, 0.5) is 10.8 Å². The van der Waals surface area contributed by atoms with E-state index in [1.165, 1.54) is 34.4 Å². The number of carbonyl (C=O) groups is 1. The van der Waals surface area contributed by atoms with Crippen molar-refractivity contribution < 1.29 is 14.1 Å². The van der Waals surface area contributed by atoms with E-state index >= 15 is 0 Å². The Morgan fingerprint density at radius 2 is 2.00 bits per heavy atom. The Labute approximate surface area is 180 Å². The number of rotatable bonds is 6. The summed E-state index contributed by atoms with van der Waals surface area (Å²) in [5.41, 5.74) is 1.29. The lowest BCUT2D eigenvalue weighted by Gasteiger charge is -2.16. The first kappa shape index (κ1) is 19.8. The van der Waals surface area contributed by atoms with Crippen LogP contribution in [-0.2, 0) is 11.3 Å². The fourth-order valence-corrected chi connectivity index (χ4v) is 4.05. The second-order valence-electron chi connectivity index (χ2n) is 6.27. The number of benzene rings is 2. The van der Waals surface area contributed by atoms with Crippen LogP contribution in [0.15, 0.2) is 71.4 Å². The number of para-hydroxylation sites is 1. The molecule has 2 heterocycles. The van der Waals surface area contributed by atoms with Gasteiger partial charge in [0.1, 0.15) is 11.3 Å². The lowest BCUT2D eigenvalue weighted by Crippen LogP contribution is -2.28. The van der Waals surface area contributed by atoms with Gasteiger partial charge in [-0.25, -0.2) is 4.98 Å². The summed E-state index contributed by atoms with van der Waals surface area (Å²) in [7, 11) is 0. The first-order valence-electron chi connectivity index (χ1n) is 8.83. The predicted octanol–water partition coefficient (Wildman–Crippen LogP) is 5.70. The largest absolute Gasteiger partial charge is 0.467 e. The summed E-state index contributed by atoms with van der Waals surface area (Å²) in [6, 6.07) is 14.9. The van der Waals surface area contributed by atoms with Gasteiger partial charge in [0.15, 0.2) is 5.13 Å². The summed E-state index contributed by atoms with van der Waals surface area (Å²) in [6.07, 6.45) is 4.54. The van der Waals surface area contributed by atoms with Crippen LogP contribution in [0.25, 0.3) is 16.3 Å². The molecule has 7 nitrogen and oxygen atoms in total. The van der Waals surface area contributed by atoms with Gasteiger partial charge in [0, 0.05) is 18.2 Å². The number of nitro groups is 1. The highest BCUT2D eigenvalue weighted by atomic mass is 35.5. The van der Waals surface area contributed by atoms with E-state index in [4.69, 9.17) is 16.0 Å². The van der Waals surface area contributed by atoms with Gasteiger partial charge in [0.2, 0.25) is 0 Å². The van der Waals surface area contributed by atoms with E-state index in [9.17, 15) is 14.9 Å². The molecule has 0 N–H and O–H groups in total. The Morgan fingerprint density at radius 1 is 1.20 bits per heavy atom. The molecule has 0 spiro atoms. The van der Waals surface area contributed by atoms with Crippen LogP contribution < -0.4 is 4.90 Å². The van der Waals surface area contributed by atoms with Crippen molar-refractivity contribution in [3.05, 3.63) is 93.4 Å². The van der Waals surface area contributed by atoms with Gasteiger partial charge in [-0.3, -0.25) is 19.8 Å². The van der Waals surface area contributed by atoms with E-state index < -0.39 is 4.92 Å². The average Bonchev–Trinajstić information content (AvgIpc) is 3.41. The third-order valence-corrected chi connectivity index (χ3v) is 5.62. The molecule has 0 aliphatic rings. The molecule has 1 amide bonds. The second kappa shape index (κ2) is 8.48. The molecule has 9 heteroatoms. The number of halogens is 1. The summed E-state index contributed by atoms with van der Waals surface area (Å²) in [5, 5.41) is 11.8.